The van der Waals surface area contributed by atoms with Gasteiger partial charge in [-0.15, -0.1) is 0 Å². The van der Waals surface area contributed by atoms with Gasteiger partial charge in [-0.1, -0.05) is 34.6 Å². The molecule has 4 saturated heterocycles. The molecule has 0 radical (unpaired) electrons. The minimum atomic E-state index is -1.74. The van der Waals surface area contributed by atoms with Crippen LogP contribution in [0.1, 0.15) is 133 Å². The van der Waals surface area contributed by atoms with Crippen molar-refractivity contribution in [1.29, 1.82) is 0 Å². The summed E-state index contributed by atoms with van der Waals surface area (Å²) in [5, 5.41) is 97.5. The Morgan fingerprint density at radius 1 is 0.547 bits per heavy atom. The lowest BCUT2D eigenvalue weighted by Crippen LogP contribution is -2.68. The number of fused-ring (bicyclic) bond motifs is 5. The van der Waals surface area contributed by atoms with Gasteiger partial charge >= 0.3 is 0 Å². The van der Waals surface area contributed by atoms with Gasteiger partial charge < -0.3 is 79.1 Å². The second-order valence-corrected chi connectivity index (χ2v) is 23.7. The molecule has 0 aromatic heterocycles. The zero-order valence-electron chi connectivity index (χ0n) is 39.8. The molecule has 4 aliphatic carbocycles. The summed E-state index contributed by atoms with van der Waals surface area (Å²) < 4.78 is 44.4. The quantitative estimate of drug-likeness (QED) is 0.151. The molecule has 8 rings (SSSR count). The van der Waals surface area contributed by atoms with Crippen molar-refractivity contribution in [2.24, 2.45) is 45.3 Å². The van der Waals surface area contributed by atoms with Gasteiger partial charge in [-0.05, 0) is 144 Å². The third kappa shape index (κ3) is 7.89. The second kappa shape index (κ2) is 17.3. The van der Waals surface area contributed by atoms with E-state index in [9.17, 15) is 46.0 Å². The van der Waals surface area contributed by atoms with Crippen molar-refractivity contribution in [1.82, 2.24) is 0 Å². The van der Waals surface area contributed by atoms with Gasteiger partial charge in [-0.2, -0.15) is 0 Å². The van der Waals surface area contributed by atoms with Crippen LogP contribution in [-0.4, -0.2) is 168 Å². The molecule has 0 amide bonds. The lowest BCUT2D eigenvalue weighted by atomic mass is 9.35. The van der Waals surface area contributed by atoms with Crippen LogP contribution >= 0.6 is 0 Å². The number of ether oxygens (including phenoxy) is 7. The van der Waals surface area contributed by atoms with Crippen LogP contribution in [0.2, 0.25) is 0 Å². The van der Waals surface area contributed by atoms with Crippen LogP contribution in [0, 0.1) is 45.3 Å². The molecular weight excluding hydrogens is 833 g/mol. The second-order valence-electron chi connectivity index (χ2n) is 23.7. The number of hydrogen-bond acceptors (Lipinski definition) is 16. The molecule has 4 saturated carbocycles. The third-order valence-corrected chi connectivity index (χ3v) is 19.5. The predicted molar refractivity (Wildman–Crippen MR) is 229 cm³/mol. The van der Waals surface area contributed by atoms with Gasteiger partial charge in [0.2, 0.25) is 0 Å². The lowest BCUT2D eigenvalue weighted by Gasteiger charge is -2.70. The van der Waals surface area contributed by atoms with E-state index in [1.165, 1.54) is 13.8 Å². The molecule has 8 fully saturated rings. The molecule has 0 spiro atoms. The highest BCUT2D eigenvalue weighted by Gasteiger charge is 2.70. The maximum atomic E-state index is 11.7. The monoisotopic (exact) mass is 915 g/mol. The van der Waals surface area contributed by atoms with Crippen LogP contribution in [-0.2, 0) is 33.2 Å². The standard InChI is InChI=1S/C48H82O16/c1-22-31(50)34(53)36(55)40(58-22)62-38-33(52)26(21-49)60-42(39(38)63-41-37(56)35(54)32(51)23(2)59-41)61-29-15-17-45(7)27(43(29,3)4)14-19-47(9)28(45)12-11-24-25(13-18-46(24,47)8)48(10)20-16-30(64-48)44(5,6)57/h22-42,49-57H,11-21H2,1-10H3. The molecule has 9 N–H and O–H groups in total. The highest BCUT2D eigenvalue weighted by Crippen LogP contribution is 2.76. The number of aliphatic hydroxyl groups is 9. The van der Waals surface area contributed by atoms with E-state index in [-0.39, 0.29) is 33.9 Å². The van der Waals surface area contributed by atoms with Crippen LogP contribution in [0.25, 0.3) is 0 Å². The molecular formula is C48H82O16. The van der Waals surface area contributed by atoms with E-state index in [4.69, 9.17) is 33.2 Å². The SMILES string of the molecule is CC1OC(OC2C(OC3CCC4(C)C(CCC5(C)C4CCC4C(C6(C)CCC(C(C)(C)O)O6)CCC45C)C3(C)C)OC(CO)C(O)C2OC2OC(C)C(O)C(O)C2O)C(O)C(O)C1O. The van der Waals surface area contributed by atoms with Gasteiger partial charge in [0.05, 0.1) is 42.2 Å². The summed E-state index contributed by atoms with van der Waals surface area (Å²) in [5.74, 6) is 1.71. The molecule has 4 heterocycles. The molecule has 0 aromatic rings. The molecule has 8 aliphatic rings. The van der Waals surface area contributed by atoms with E-state index in [0.717, 1.165) is 57.8 Å². The largest absolute Gasteiger partial charge is 0.394 e. The van der Waals surface area contributed by atoms with Crippen molar-refractivity contribution in [3.63, 3.8) is 0 Å². The normalized spacial score (nSPS) is 56.6. The van der Waals surface area contributed by atoms with Gasteiger partial charge in [-0.3, -0.25) is 0 Å². The van der Waals surface area contributed by atoms with Crippen LogP contribution < -0.4 is 0 Å². The Bertz CT molecular complexity index is 1650. The topological polar surface area (TPSA) is 247 Å². The maximum absolute atomic E-state index is 11.7. The first-order valence-electron chi connectivity index (χ1n) is 24.4. The molecule has 0 bridgehead atoms. The van der Waals surface area contributed by atoms with E-state index in [1.54, 1.807) is 0 Å². The molecule has 4 aliphatic heterocycles. The molecule has 16 heteroatoms. The summed E-state index contributed by atoms with van der Waals surface area (Å²) >= 11 is 0. The average molecular weight is 915 g/mol. The van der Waals surface area contributed by atoms with E-state index in [0.29, 0.717) is 24.2 Å². The first-order chi connectivity index (χ1) is 29.7. The summed E-state index contributed by atoms with van der Waals surface area (Å²) in [6.07, 6.45) is -12.4. The lowest BCUT2D eigenvalue weighted by molar-refractivity contribution is -0.397. The van der Waals surface area contributed by atoms with Gasteiger partial charge in [0, 0.05) is 0 Å². The summed E-state index contributed by atoms with van der Waals surface area (Å²) in [7, 11) is 0. The van der Waals surface area contributed by atoms with E-state index in [2.05, 4.69) is 41.5 Å². The van der Waals surface area contributed by atoms with E-state index < -0.39 is 116 Å². The first kappa shape index (κ1) is 49.8. The summed E-state index contributed by atoms with van der Waals surface area (Å²) in [6, 6.07) is 0. The molecule has 0 aromatic carbocycles. The van der Waals surface area contributed by atoms with Crippen molar-refractivity contribution < 1.29 is 79.1 Å². The van der Waals surface area contributed by atoms with E-state index >= 15 is 0 Å². The molecule has 16 nitrogen and oxygen atoms in total. The van der Waals surface area contributed by atoms with E-state index in [1.807, 2.05) is 13.8 Å². The average Bonchev–Trinajstić information content (AvgIpc) is 3.82. The Morgan fingerprint density at radius 3 is 1.69 bits per heavy atom. The van der Waals surface area contributed by atoms with Crippen molar-refractivity contribution in [2.75, 3.05) is 6.61 Å². The van der Waals surface area contributed by atoms with Crippen molar-refractivity contribution in [3.8, 4) is 0 Å². The molecule has 370 valence electrons. The number of aliphatic hydroxyl groups excluding tert-OH is 8. The summed E-state index contributed by atoms with van der Waals surface area (Å²) in [5.41, 5.74) is -1.31. The van der Waals surface area contributed by atoms with Crippen LogP contribution in [0.15, 0.2) is 0 Å². The Labute approximate surface area is 379 Å². The number of rotatable bonds is 9. The van der Waals surface area contributed by atoms with Gasteiger partial charge in [0.1, 0.15) is 61.0 Å². The zero-order valence-corrected chi connectivity index (χ0v) is 39.8. The summed E-state index contributed by atoms with van der Waals surface area (Å²) in [4.78, 5) is 0. The minimum Gasteiger partial charge on any atom is -0.394 e. The fourth-order valence-corrected chi connectivity index (χ4v) is 15.5. The highest BCUT2D eigenvalue weighted by molar-refractivity contribution is 5.19. The van der Waals surface area contributed by atoms with Gasteiger partial charge in [-0.25, -0.2) is 0 Å². The van der Waals surface area contributed by atoms with Gasteiger partial charge in [0.25, 0.3) is 0 Å². The van der Waals surface area contributed by atoms with Crippen LogP contribution in [0.4, 0.5) is 0 Å². The maximum Gasteiger partial charge on any atom is 0.187 e. The smallest absolute Gasteiger partial charge is 0.187 e. The van der Waals surface area contributed by atoms with Crippen LogP contribution in [0.5, 0.6) is 0 Å². The first-order valence-corrected chi connectivity index (χ1v) is 24.4. The van der Waals surface area contributed by atoms with Crippen molar-refractivity contribution in [2.45, 2.75) is 249 Å². The highest BCUT2D eigenvalue weighted by atomic mass is 16.8. The fourth-order valence-electron chi connectivity index (χ4n) is 15.5. The Morgan fingerprint density at radius 2 is 1.12 bits per heavy atom. The summed E-state index contributed by atoms with van der Waals surface area (Å²) in [6.45, 7) is 20.5. The Balaban J connectivity index is 1.05. The predicted octanol–water partition coefficient (Wildman–Crippen LogP) is 2.27. The fraction of sp³-hybridized carbons (Fsp3) is 1.00. The molecule has 64 heavy (non-hydrogen) atoms. The zero-order chi connectivity index (χ0) is 46.9. The Kier molecular flexibility index (Phi) is 13.5. The van der Waals surface area contributed by atoms with Gasteiger partial charge in [0.15, 0.2) is 18.9 Å². The minimum absolute atomic E-state index is 0.00922. The Hall–Kier alpha value is -0.640. The number of hydrogen-bond donors (Lipinski definition) is 9. The molecule has 25 unspecified atom stereocenters. The van der Waals surface area contributed by atoms with Crippen molar-refractivity contribution >= 4 is 0 Å². The van der Waals surface area contributed by atoms with Crippen LogP contribution in [0.3, 0.4) is 0 Å². The molecule has 25 atom stereocenters. The van der Waals surface area contributed by atoms with Crippen molar-refractivity contribution in [3.05, 3.63) is 0 Å². The third-order valence-electron chi connectivity index (χ3n) is 19.5.